The van der Waals surface area contributed by atoms with Gasteiger partial charge >= 0.3 is 0 Å². The fraction of sp³-hybridized carbons (Fsp3) is 0. The second-order valence-corrected chi connectivity index (χ2v) is 22.9. The highest BCUT2D eigenvalue weighted by atomic mass is 13.4. The highest BCUT2D eigenvalue weighted by Crippen LogP contribution is 2.24. The largest absolute Gasteiger partial charge is 0 e. The molecule has 0 aliphatic rings. The van der Waals surface area contributed by atoms with E-state index in [1.54, 1.807) is 7.06 Å². The van der Waals surface area contributed by atoms with E-state index in [1.165, 1.54) is 0 Å². The Labute approximate surface area is 574 Å². The van der Waals surface area contributed by atoms with Gasteiger partial charge in [0.15, 0.2) is 0 Å². The van der Waals surface area contributed by atoms with Gasteiger partial charge in [-0.3, -0.25) is 0 Å². The zero-order chi connectivity index (χ0) is 64.9. The molecule has 0 aliphatic carbocycles. The summed E-state index contributed by atoms with van der Waals surface area (Å²) in [6.07, 6.45) is -61.5. The van der Waals surface area contributed by atoms with E-state index in [0.717, 1.165) is 7.06 Å². The third-order valence-corrected chi connectivity index (χ3v) is 17.1. The maximum atomic E-state index is 7.00. The van der Waals surface area contributed by atoms with Crippen LogP contribution in [0.3, 0.4) is 0 Å². The average molecular weight is 887 g/mol. The molecule has 0 unspecified atom stereocenters. The van der Waals surface area contributed by atoms with Crippen molar-refractivity contribution in [1.82, 2.24) is 0 Å². The Bertz CT molecular complexity index is 1360. The van der Waals surface area contributed by atoms with Gasteiger partial charge in [-0.05, 0) is 0 Å². The van der Waals surface area contributed by atoms with E-state index in [9.17, 15) is 0 Å². The highest BCUT2D eigenvalue weighted by molar-refractivity contribution is 8.38. The van der Waals surface area contributed by atoms with Crippen LogP contribution in [0.5, 0.6) is 0 Å². The lowest BCUT2D eigenvalue weighted by Gasteiger charge is -2.58. The molecule has 0 N–H and O–H groups in total. The number of hydrogen-bond acceptors (Lipinski definition) is 0. The predicted molar refractivity (Wildman–Crippen MR) is 472 cm³/mol. The van der Waals surface area contributed by atoms with E-state index >= 15 is 0 Å². The van der Waals surface area contributed by atoms with Gasteiger partial charge in [-0.15, -0.1) is 0 Å². The topological polar surface area (TPSA) is 0 Å². The van der Waals surface area contributed by atoms with Crippen LogP contribution in [0.2, 0.25) is 0 Å². The monoisotopic (exact) mass is 903 g/mol. The summed E-state index contributed by atoms with van der Waals surface area (Å²) in [5, 5.41) is 0. The first kappa shape index (κ1) is 87.3. The quantitative estimate of drug-likeness (QED) is 0.0538. The second kappa shape index (κ2) is 40.7. The van der Waals surface area contributed by atoms with E-state index in [1.807, 2.05) is 0 Å². The van der Waals surface area contributed by atoms with Crippen molar-refractivity contribution < 1.29 is 0 Å². The van der Waals surface area contributed by atoms with Crippen LogP contribution in [0.15, 0.2) is 0 Å². The predicted octanol–water partition coefficient (Wildman–Crippen LogP) is -31.2. The van der Waals surface area contributed by atoms with Gasteiger partial charge < -0.3 is 0 Å². The smallest absolute Gasteiger partial charge is 0 e. The Hall–Kier alpha value is 5.32. The maximum Gasteiger partial charge on any atom is 0 e. The minimum Gasteiger partial charge on any atom is 0 e. The van der Waals surface area contributed by atoms with Crippen LogP contribution in [0.25, 0.3) is 0 Å². The molecule has 246 valence electrons. The van der Waals surface area contributed by atoms with Gasteiger partial charge in [0.25, 0.3) is 0 Å². The van der Waals surface area contributed by atoms with Crippen LogP contribution >= 0.6 is 0 Å². The molecule has 0 nitrogen and oxygen atoms in total. The fourth-order valence-electron chi connectivity index (χ4n) is 14.1. The van der Waals surface area contributed by atoms with E-state index in [2.05, 4.69) is 0 Å². The fourth-order valence-corrected chi connectivity index (χ4v) is 14.1. The van der Waals surface area contributed by atoms with Crippen molar-refractivity contribution in [2.24, 2.45) is 0 Å². The molecule has 0 saturated carbocycles. The van der Waals surface area contributed by atoms with Crippen LogP contribution in [0.4, 0.5) is 0 Å². The Kier molecular flexibility index (Phi) is 43.3. The Morgan fingerprint density at radius 1 is 0.122 bits per heavy atom. The Morgan fingerprint density at radius 3 is 0.366 bits per heavy atom. The maximum absolute atomic E-state index is 7.00. The summed E-state index contributed by atoms with van der Waals surface area (Å²) in [6.45, 7) is 0. The molecule has 0 bridgehead atoms. The minimum atomic E-state index is -1.78. The van der Waals surface area contributed by atoms with Gasteiger partial charge in [-0.2, -0.15) is 0 Å². The molecule has 0 aromatic rings. The molecule has 0 saturated heterocycles. The van der Waals surface area contributed by atoms with Crippen molar-refractivity contribution in [1.29, 1.82) is 0 Å². The van der Waals surface area contributed by atoms with Crippen LogP contribution in [-0.2, 0) is 0 Å². The van der Waals surface area contributed by atoms with Crippen molar-refractivity contribution >= 4 is 580 Å². The first-order valence-corrected chi connectivity index (χ1v) is 27.0. The molecule has 82 heavy (non-hydrogen) atoms. The van der Waals surface area contributed by atoms with Gasteiger partial charge in [0.2, 0.25) is 0 Å². The third kappa shape index (κ3) is 23.9. The van der Waals surface area contributed by atoms with Gasteiger partial charge in [0.1, 0.15) is 0 Å². The highest BCUT2D eigenvalue weighted by Gasteiger charge is 2.62. The van der Waals surface area contributed by atoms with Crippen molar-refractivity contribution in [3.63, 3.8) is 0 Å². The van der Waals surface area contributed by atoms with Crippen LogP contribution < -0.4 is 0 Å². The lowest BCUT2D eigenvalue weighted by molar-refractivity contribution is 3.18. The molecule has 0 aliphatic heterocycles. The molecule has 0 aromatic heterocycles. The van der Waals surface area contributed by atoms with Crippen molar-refractivity contribution in [3.8, 4) is 0 Å². The van der Waals surface area contributed by atoms with Gasteiger partial charge in [0, 0.05) is 580 Å². The summed E-state index contributed by atoms with van der Waals surface area (Å²) < 4.78 is 0. The lowest BCUT2D eigenvalue weighted by atomic mass is 8.23. The van der Waals surface area contributed by atoms with Crippen molar-refractivity contribution in [2.75, 3.05) is 0 Å². The summed E-state index contributed by atoms with van der Waals surface area (Å²) in [7, 11) is 281. The molecule has 0 aromatic carbocycles. The molecule has 82 heteroatoms. The number of rotatable bonds is 40. The molecule has 0 fully saturated rings. The Balaban J connectivity index is 12.2. The van der Waals surface area contributed by atoms with Gasteiger partial charge in [-0.25, -0.2) is 0 Å². The number of hydrogen-bond donors (Lipinski definition) is 0. The van der Waals surface area contributed by atoms with Crippen molar-refractivity contribution in [2.45, 2.75) is 0 Å². The van der Waals surface area contributed by atoms with Crippen molar-refractivity contribution in [3.05, 3.63) is 0 Å². The molecule has 0 atom stereocenters. The average Bonchev–Trinajstić information content (AvgIpc) is 3.25. The summed E-state index contributed by atoms with van der Waals surface area (Å²) >= 11 is 0. The van der Waals surface area contributed by atoms with Crippen LogP contribution in [0.1, 0.15) is 0 Å². The van der Waals surface area contributed by atoms with Crippen LogP contribution in [0, 0.1) is 0 Å². The summed E-state index contributed by atoms with van der Waals surface area (Å²) in [5.41, 5.74) is 0. The summed E-state index contributed by atoms with van der Waals surface area (Å²) in [5.74, 6) is 0. The summed E-state index contributed by atoms with van der Waals surface area (Å²) in [4.78, 5) is 0. The molecule has 0 heterocycles. The minimum absolute atomic E-state index is 1.10. The molecule has 0 amide bonds. The zero-order valence-electron chi connectivity index (χ0n) is 47.3. The van der Waals surface area contributed by atoms with Gasteiger partial charge in [0.05, 0.1) is 0 Å². The third-order valence-electron chi connectivity index (χ3n) is 17.1. The lowest BCUT2D eigenvalue weighted by Crippen LogP contribution is -2.96. The molecule has 0 spiro atoms. The van der Waals surface area contributed by atoms with Gasteiger partial charge in [-0.1, -0.05) is 0 Å². The first-order valence-electron chi connectivity index (χ1n) is 27.0. The zero-order valence-corrected chi connectivity index (χ0v) is 47.3. The summed E-state index contributed by atoms with van der Waals surface area (Å²) in [6, 6.07) is 0. The van der Waals surface area contributed by atoms with Crippen LogP contribution in [-0.4, -0.2) is 580 Å². The molecule has 84 radical (unpaired) electrons. The van der Waals surface area contributed by atoms with E-state index in [4.69, 9.17) is 317 Å². The standard InChI is InChI=1S/B82/c1-42-64(44(2)3)76(63(40)41)79(71(53(20)21)54(22)23)66(80(81(72(55(24)25)56(26)27)73(57(28)29)58(30)31)82(74(59(32)33)60(34)35)75(61(36)37)62(38)39)43-65(77(67(45(4)5)46(6)7)68(47(8)9)48(10)11)78(69(49(12)13)50(14)15)70(51(16)17)52(18)19. The molecular weight excluding hydrogens is 887 g/mol. The Morgan fingerprint density at radius 2 is 0.244 bits per heavy atom. The molecular formula is B82. The van der Waals surface area contributed by atoms with E-state index in [0.29, 0.717) is 0 Å². The van der Waals surface area contributed by atoms with E-state index in [-0.39, 0.29) is 0 Å². The normalized spacial score (nSPS) is 9.76. The molecule has 0 rings (SSSR count). The van der Waals surface area contributed by atoms with E-state index < -0.39 is 249 Å². The first-order chi connectivity index (χ1) is 37.4. The second-order valence-electron chi connectivity index (χ2n) is 22.9. The SMILES string of the molecule is [B][B]B(B([B])[B])B(B([B])[B])B(B([B]B(B(B(B([B])[B])B([B])[B])B(B([B])[B])B([B])[B])B(B(B([B])[B])B([B])[B])B(B([B])[B])B([B])[B])B(B(B(B([B])[B])B([B])[B])B(B([B])[B])B([B])[B])B(B(B([B])[B])B([B])[B])B(B([B])[B])B([B])[B])B(B([B])[B])B([B])[B].